The van der Waals surface area contributed by atoms with Crippen molar-refractivity contribution in [1.29, 1.82) is 0 Å². The maximum Gasteiger partial charge on any atom is 0.251 e. The second-order valence-corrected chi connectivity index (χ2v) is 6.30. The fraction of sp³-hybridized carbons (Fsp3) is 0.529. The first kappa shape index (κ1) is 17.8. The first-order valence-electron chi connectivity index (χ1n) is 8.16. The van der Waals surface area contributed by atoms with E-state index in [4.69, 9.17) is 11.6 Å². The predicted molar refractivity (Wildman–Crippen MR) is 91.6 cm³/mol. The number of halogens is 1. The Bertz CT molecular complexity index is 513. The molecule has 0 aromatic heterocycles. The zero-order valence-electron chi connectivity index (χ0n) is 13.2. The Morgan fingerprint density at radius 2 is 1.96 bits per heavy atom. The van der Waals surface area contributed by atoms with Gasteiger partial charge in [-0.2, -0.15) is 0 Å². The molecule has 0 aliphatic carbocycles. The van der Waals surface area contributed by atoms with E-state index < -0.39 is 0 Å². The Balaban J connectivity index is 1.53. The van der Waals surface area contributed by atoms with Crippen molar-refractivity contribution in [3.8, 4) is 0 Å². The van der Waals surface area contributed by atoms with E-state index in [9.17, 15) is 9.59 Å². The van der Waals surface area contributed by atoms with E-state index in [2.05, 4.69) is 16.0 Å². The molecular weight excluding hydrogens is 314 g/mol. The number of benzene rings is 1. The Morgan fingerprint density at radius 1 is 1.17 bits per heavy atom. The minimum Gasteiger partial charge on any atom is -0.356 e. The summed E-state index contributed by atoms with van der Waals surface area (Å²) in [6.45, 7) is 3.38. The van der Waals surface area contributed by atoms with Crippen LogP contribution in [0.3, 0.4) is 0 Å². The van der Waals surface area contributed by atoms with Crippen LogP contribution in [0.4, 0.5) is 0 Å². The van der Waals surface area contributed by atoms with Gasteiger partial charge in [0.05, 0.1) is 0 Å². The quantitative estimate of drug-likeness (QED) is 0.635. The summed E-state index contributed by atoms with van der Waals surface area (Å²) in [7, 11) is 0. The maximum absolute atomic E-state index is 11.9. The highest BCUT2D eigenvalue weighted by Crippen LogP contribution is 2.11. The topological polar surface area (TPSA) is 70.2 Å². The fourth-order valence-electron chi connectivity index (χ4n) is 2.62. The Morgan fingerprint density at radius 3 is 2.65 bits per heavy atom. The average molecular weight is 338 g/mol. The second kappa shape index (κ2) is 9.53. The van der Waals surface area contributed by atoms with Crippen LogP contribution in [0, 0.1) is 5.92 Å². The van der Waals surface area contributed by atoms with Crippen LogP contribution in [-0.2, 0) is 4.79 Å². The van der Waals surface area contributed by atoms with Gasteiger partial charge < -0.3 is 16.0 Å². The van der Waals surface area contributed by atoms with Crippen molar-refractivity contribution >= 4 is 23.4 Å². The number of carbonyl (C=O) groups excluding carboxylic acids is 2. The van der Waals surface area contributed by atoms with Crippen LogP contribution < -0.4 is 16.0 Å². The van der Waals surface area contributed by atoms with Gasteiger partial charge in [-0.3, -0.25) is 9.59 Å². The predicted octanol–water partition coefficient (Wildman–Crippen LogP) is 1.97. The summed E-state index contributed by atoms with van der Waals surface area (Å²) in [6.07, 6.45) is 3.30. The van der Waals surface area contributed by atoms with Crippen molar-refractivity contribution in [2.75, 3.05) is 26.2 Å². The van der Waals surface area contributed by atoms with Crippen LogP contribution in [0.15, 0.2) is 24.3 Å². The lowest BCUT2D eigenvalue weighted by molar-refractivity contribution is -0.121. The van der Waals surface area contributed by atoms with E-state index in [1.807, 2.05) is 0 Å². The molecule has 5 nitrogen and oxygen atoms in total. The smallest absolute Gasteiger partial charge is 0.251 e. The molecule has 1 saturated heterocycles. The van der Waals surface area contributed by atoms with E-state index in [1.165, 1.54) is 6.42 Å². The van der Waals surface area contributed by atoms with Crippen molar-refractivity contribution in [2.24, 2.45) is 5.92 Å². The molecule has 2 amide bonds. The molecule has 1 aromatic rings. The van der Waals surface area contributed by atoms with Crippen molar-refractivity contribution in [1.82, 2.24) is 16.0 Å². The number of hydrogen-bond acceptors (Lipinski definition) is 3. The van der Waals surface area contributed by atoms with Gasteiger partial charge in [0.1, 0.15) is 0 Å². The summed E-state index contributed by atoms with van der Waals surface area (Å²) in [6, 6.07) is 6.73. The standard InChI is InChI=1S/C17H24ClN3O2/c18-15-5-3-14(4-6-15)17(23)21-9-1-2-16(22)20-11-8-13-7-10-19-12-13/h3-6,13,19H,1-2,7-12H2,(H,20,22)(H,21,23). The summed E-state index contributed by atoms with van der Waals surface area (Å²) in [5.74, 6) is 0.599. The zero-order valence-corrected chi connectivity index (χ0v) is 14.0. The molecule has 126 valence electrons. The summed E-state index contributed by atoms with van der Waals surface area (Å²) >= 11 is 5.78. The van der Waals surface area contributed by atoms with E-state index in [0.717, 1.165) is 26.1 Å². The molecule has 1 atom stereocenters. The summed E-state index contributed by atoms with van der Waals surface area (Å²) in [4.78, 5) is 23.6. The molecule has 0 bridgehead atoms. The average Bonchev–Trinajstić information content (AvgIpc) is 3.05. The maximum atomic E-state index is 11.9. The van der Waals surface area contributed by atoms with Gasteiger partial charge in [0.2, 0.25) is 5.91 Å². The minimum atomic E-state index is -0.143. The van der Waals surface area contributed by atoms with E-state index in [0.29, 0.717) is 35.9 Å². The normalized spacial score (nSPS) is 17.0. The lowest BCUT2D eigenvalue weighted by Gasteiger charge is -2.09. The number of rotatable bonds is 8. The Labute approximate surface area is 142 Å². The first-order valence-corrected chi connectivity index (χ1v) is 8.54. The van der Waals surface area contributed by atoms with Crippen molar-refractivity contribution < 1.29 is 9.59 Å². The second-order valence-electron chi connectivity index (χ2n) is 5.86. The molecule has 3 N–H and O–H groups in total. The molecule has 0 spiro atoms. The zero-order chi connectivity index (χ0) is 16.5. The molecule has 23 heavy (non-hydrogen) atoms. The van der Waals surface area contributed by atoms with Gasteiger partial charge in [0.25, 0.3) is 5.91 Å². The molecule has 1 aliphatic rings. The molecular formula is C17H24ClN3O2. The lowest BCUT2D eigenvalue weighted by atomic mass is 10.1. The van der Waals surface area contributed by atoms with Crippen LogP contribution in [0.5, 0.6) is 0 Å². The van der Waals surface area contributed by atoms with Crippen LogP contribution in [0.1, 0.15) is 36.0 Å². The largest absolute Gasteiger partial charge is 0.356 e. The fourth-order valence-corrected chi connectivity index (χ4v) is 2.75. The molecule has 1 unspecified atom stereocenters. The molecule has 0 saturated carbocycles. The molecule has 1 aromatic carbocycles. The van der Waals surface area contributed by atoms with Gasteiger partial charge in [-0.25, -0.2) is 0 Å². The highest BCUT2D eigenvalue weighted by atomic mass is 35.5. The molecule has 1 fully saturated rings. The van der Waals surface area contributed by atoms with E-state index in [-0.39, 0.29) is 11.8 Å². The highest BCUT2D eigenvalue weighted by molar-refractivity contribution is 6.30. The van der Waals surface area contributed by atoms with Gasteiger partial charge in [-0.1, -0.05) is 11.6 Å². The third-order valence-electron chi connectivity index (χ3n) is 4.01. The van der Waals surface area contributed by atoms with Gasteiger partial charge in [0, 0.05) is 30.1 Å². The number of nitrogens with one attached hydrogen (secondary N) is 3. The third kappa shape index (κ3) is 6.59. The Kier molecular flexibility index (Phi) is 7.36. The minimum absolute atomic E-state index is 0.0525. The monoisotopic (exact) mass is 337 g/mol. The lowest BCUT2D eigenvalue weighted by Crippen LogP contribution is -2.28. The van der Waals surface area contributed by atoms with Crippen LogP contribution in [0.2, 0.25) is 5.02 Å². The van der Waals surface area contributed by atoms with Crippen molar-refractivity contribution in [2.45, 2.75) is 25.7 Å². The molecule has 1 aliphatic heterocycles. The summed E-state index contributed by atoms with van der Waals surface area (Å²) < 4.78 is 0. The summed E-state index contributed by atoms with van der Waals surface area (Å²) in [5, 5.41) is 9.67. The van der Waals surface area contributed by atoms with Crippen molar-refractivity contribution in [3.05, 3.63) is 34.9 Å². The molecule has 0 radical (unpaired) electrons. The van der Waals surface area contributed by atoms with Crippen LogP contribution in [0.25, 0.3) is 0 Å². The molecule has 2 rings (SSSR count). The van der Waals surface area contributed by atoms with E-state index >= 15 is 0 Å². The van der Waals surface area contributed by atoms with Gasteiger partial charge in [-0.05, 0) is 62.5 Å². The van der Waals surface area contributed by atoms with Crippen LogP contribution >= 0.6 is 11.6 Å². The number of amides is 2. The van der Waals surface area contributed by atoms with Gasteiger partial charge in [0.15, 0.2) is 0 Å². The highest BCUT2D eigenvalue weighted by Gasteiger charge is 2.14. The van der Waals surface area contributed by atoms with Crippen LogP contribution in [-0.4, -0.2) is 38.0 Å². The van der Waals surface area contributed by atoms with Crippen molar-refractivity contribution in [3.63, 3.8) is 0 Å². The SMILES string of the molecule is O=C(CCCNC(=O)c1ccc(Cl)cc1)NCCC1CCNC1. The number of hydrogen-bond donors (Lipinski definition) is 3. The molecule has 6 heteroatoms. The van der Waals surface area contributed by atoms with Gasteiger partial charge >= 0.3 is 0 Å². The van der Waals surface area contributed by atoms with E-state index in [1.54, 1.807) is 24.3 Å². The third-order valence-corrected chi connectivity index (χ3v) is 4.26. The number of carbonyl (C=O) groups is 2. The Hall–Kier alpha value is -1.59. The summed E-state index contributed by atoms with van der Waals surface area (Å²) in [5.41, 5.74) is 0.573. The first-order chi connectivity index (χ1) is 11.1. The van der Waals surface area contributed by atoms with Gasteiger partial charge in [-0.15, -0.1) is 0 Å². The molecule has 1 heterocycles.